The third-order valence-electron chi connectivity index (χ3n) is 5.47. The molecular weight excluding hydrogens is 472 g/mol. The highest BCUT2D eigenvalue weighted by Gasteiger charge is 2.38. The minimum absolute atomic E-state index is 0.279. The summed E-state index contributed by atoms with van der Waals surface area (Å²) >= 11 is 0. The third-order valence-corrected chi connectivity index (χ3v) is 6.29. The van der Waals surface area contributed by atoms with Crippen LogP contribution in [0.4, 0.5) is 4.79 Å². The van der Waals surface area contributed by atoms with Crippen molar-refractivity contribution in [3.8, 4) is 0 Å². The predicted octanol–water partition coefficient (Wildman–Crippen LogP) is 4.91. The van der Waals surface area contributed by atoms with E-state index < -0.39 is 38.1 Å². The summed E-state index contributed by atoms with van der Waals surface area (Å²) in [6.45, 7) is 11.1. The van der Waals surface area contributed by atoms with E-state index >= 15 is 0 Å². The fourth-order valence-corrected chi connectivity index (χ4v) is 4.40. The van der Waals surface area contributed by atoms with Crippen LogP contribution in [0.3, 0.4) is 0 Å². The van der Waals surface area contributed by atoms with Crippen LogP contribution in [0.15, 0.2) is 60.7 Å². The number of rotatable bonds is 9. The molecule has 0 heterocycles. The van der Waals surface area contributed by atoms with Gasteiger partial charge >= 0.3 is 12.1 Å². The first-order valence-corrected chi connectivity index (χ1v) is 15.6. The number of benzene rings is 2. The van der Waals surface area contributed by atoms with Gasteiger partial charge in [-0.05, 0) is 51.5 Å². The summed E-state index contributed by atoms with van der Waals surface area (Å²) in [4.78, 5) is 42.9. The molecule has 8 heteroatoms. The first kappa shape index (κ1) is 29.1. The van der Waals surface area contributed by atoms with Crippen molar-refractivity contribution in [2.45, 2.75) is 70.9 Å². The molecule has 0 aliphatic rings. The molecule has 0 unspecified atom stereocenters. The molecule has 7 nitrogen and oxygen atoms in total. The maximum absolute atomic E-state index is 13.9. The van der Waals surface area contributed by atoms with E-state index in [9.17, 15) is 14.4 Å². The smallest absolute Gasteiger partial charge is 0.410 e. The van der Waals surface area contributed by atoms with Gasteiger partial charge in [-0.15, -0.1) is 0 Å². The van der Waals surface area contributed by atoms with Gasteiger partial charge in [0.05, 0.1) is 0 Å². The Morgan fingerprint density at radius 3 is 1.64 bits per heavy atom. The van der Waals surface area contributed by atoms with Crippen molar-refractivity contribution in [1.82, 2.24) is 9.80 Å². The van der Waals surface area contributed by atoms with Gasteiger partial charge in [0.2, 0.25) is 14.2 Å². The molecule has 196 valence electrons. The zero-order chi connectivity index (χ0) is 27.1. The van der Waals surface area contributed by atoms with Crippen molar-refractivity contribution < 1.29 is 23.5 Å². The highest BCUT2D eigenvalue weighted by molar-refractivity contribution is 6.71. The summed E-state index contributed by atoms with van der Waals surface area (Å²) in [5.41, 5.74) is 1.09. The van der Waals surface area contributed by atoms with Crippen LogP contribution in [0, 0.1) is 0 Å². The number of nitrogens with zero attached hydrogens (tertiary/aromatic N) is 2. The van der Waals surface area contributed by atoms with Crippen molar-refractivity contribution in [1.29, 1.82) is 0 Å². The van der Waals surface area contributed by atoms with Gasteiger partial charge in [0, 0.05) is 26.9 Å². The Kier molecular flexibility index (Phi) is 9.87. The number of carbonyl (C=O) groups excluding carboxylic acids is 3. The molecule has 2 aromatic carbocycles. The molecule has 0 aliphatic carbocycles. The number of hydrogen-bond donors (Lipinski definition) is 0. The molecule has 36 heavy (non-hydrogen) atoms. The Morgan fingerprint density at radius 2 is 1.22 bits per heavy atom. The van der Waals surface area contributed by atoms with Crippen LogP contribution in [-0.4, -0.2) is 67.9 Å². The maximum Gasteiger partial charge on any atom is 0.410 e. The molecule has 0 spiro atoms. The van der Waals surface area contributed by atoms with Crippen LogP contribution in [0.25, 0.3) is 0 Å². The zero-order valence-corrected chi connectivity index (χ0v) is 23.8. The highest BCUT2D eigenvalue weighted by Crippen LogP contribution is 2.19. The van der Waals surface area contributed by atoms with Gasteiger partial charge < -0.3 is 14.1 Å². The summed E-state index contributed by atoms with van der Waals surface area (Å²) < 4.78 is 11.4. The van der Waals surface area contributed by atoms with Gasteiger partial charge in [-0.25, -0.2) is 4.79 Å². The van der Waals surface area contributed by atoms with E-state index in [1.165, 1.54) is 9.80 Å². The lowest BCUT2D eigenvalue weighted by Crippen LogP contribution is -2.55. The first-order chi connectivity index (χ1) is 16.7. The number of carbonyl (C=O) groups is 3. The third kappa shape index (κ3) is 9.15. The van der Waals surface area contributed by atoms with Crippen LogP contribution < -0.4 is 0 Å². The molecule has 0 radical (unpaired) electrons. The number of likely N-dealkylation sites (N-methyl/N-ethyl adjacent to an activating group) is 2. The van der Waals surface area contributed by atoms with Crippen molar-refractivity contribution in [2.24, 2.45) is 0 Å². The molecule has 2 aromatic rings. The highest BCUT2D eigenvalue weighted by atomic mass is 28.4. The normalized spacial score (nSPS) is 13.3. The lowest BCUT2D eigenvalue weighted by atomic mass is 10.0. The van der Waals surface area contributed by atoms with Crippen LogP contribution in [-0.2, 0) is 31.6 Å². The van der Waals surface area contributed by atoms with E-state index in [-0.39, 0.29) is 12.3 Å². The Balaban J connectivity index is 2.41. The van der Waals surface area contributed by atoms with Crippen LogP contribution in [0.1, 0.15) is 31.9 Å². The molecule has 2 amide bonds. The monoisotopic (exact) mass is 512 g/mol. The predicted molar refractivity (Wildman–Crippen MR) is 144 cm³/mol. The van der Waals surface area contributed by atoms with Gasteiger partial charge in [-0.2, -0.15) is 0 Å². The first-order valence-electron chi connectivity index (χ1n) is 12.2. The van der Waals surface area contributed by atoms with Gasteiger partial charge in [-0.3, -0.25) is 14.5 Å². The van der Waals surface area contributed by atoms with E-state index in [1.807, 2.05) is 80.3 Å². The Labute approximate surface area is 216 Å². The molecule has 0 saturated carbocycles. The standard InChI is InChI=1S/C28H40N2O5Si/c1-28(2,3)34-27(33)30(5)23(19-21-15-11-9-12-16-21)25(31)29(4)24(26(32)35-36(6,7)8)20-22-17-13-10-14-18-22/h9-18,23-24H,19-20H2,1-8H3/t23-,24-/m0/s1. The van der Waals surface area contributed by atoms with Crippen LogP contribution in [0.5, 0.6) is 0 Å². The second kappa shape index (κ2) is 12.2. The second-order valence-corrected chi connectivity index (χ2v) is 15.4. The van der Waals surface area contributed by atoms with Crippen LogP contribution in [0.2, 0.25) is 19.6 Å². The van der Waals surface area contributed by atoms with E-state index in [1.54, 1.807) is 34.9 Å². The molecule has 0 aromatic heterocycles. The van der Waals surface area contributed by atoms with Crippen molar-refractivity contribution >= 4 is 26.3 Å². The van der Waals surface area contributed by atoms with Gasteiger partial charge in [-0.1, -0.05) is 60.7 Å². The molecule has 0 saturated heterocycles. The minimum atomic E-state index is -2.21. The molecular formula is C28H40N2O5Si. The van der Waals surface area contributed by atoms with Crippen molar-refractivity contribution in [2.75, 3.05) is 14.1 Å². The summed E-state index contributed by atoms with van der Waals surface area (Å²) in [5, 5.41) is 0. The number of hydrogen-bond acceptors (Lipinski definition) is 5. The van der Waals surface area contributed by atoms with E-state index in [0.717, 1.165) is 11.1 Å². The summed E-state index contributed by atoms with van der Waals surface area (Å²) in [5.74, 6) is -0.798. The van der Waals surface area contributed by atoms with E-state index in [0.29, 0.717) is 6.42 Å². The molecule has 0 bridgehead atoms. The Bertz CT molecular complexity index is 1020. The average molecular weight is 513 g/mol. The molecule has 0 fully saturated rings. The molecule has 2 rings (SSSR count). The fraction of sp³-hybridized carbons (Fsp3) is 0.464. The summed E-state index contributed by atoms with van der Waals surface area (Å²) in [7, 11) is 0.948. The Hall–Kier alpha value is -3.13. The average Bonchev–Trinajstić information content (AvgIpc) is 2.78. The number of amides is 2. The van der Waals surface area contributed by atoms with Gasteiger partial charge in [0.25, 0.3) is 0 Å². The quantitative estimate of drug-likeness (QED) is 0.446. The molecule has 0 N–H and O–H groups in total. The van der Waals surface area contributed by atoms with Crippen molar-refractivity contribution in [3.05, 3.63) is 71.8 Å². The van der Waals surface area contributed by atoms with E-state index in [4.69, 9.17) is 9.16 Å². The summed E-state index contributed by atoms with van der Waals surface area (Å²) in [6.07, 6.45) is -0.0175. The lowest BCUT2D eigenvalue weighted by Gasteiger charge is -2.35. The lowest BCUT2D eigenvalue weighted by molar-refractivity contribution is -0.149. The topological polar surface area (TPSA) is 76.2 Å². The summed E-state index contributed by atoms with van der Waals surface area (Å²) in [6, 6.07) is 17.3. The SMILES string of the molecule is CN(C(=O)OC(C)(C)C)[C@@H](Cc1ccccc1)C(=O)N(C)[C@@H](Cc1ccccc1)C(=O)O[Si](C)(C)C. The Morgan fingerprint density at radius 1 is 0.778 bits per heavy atom. The van der Waals surface area contributed by atoms with Crippen LogP contribution >= 0.6 is 0 Å². The van der Waals surface area contributed by atoms with Gasteiger partial charge in [0.15, 0.2) is 0 Å². The zero-order valence-electron chi connectivity index (χ0n) is 22.8. The van der Waals surface area contributed by atoms with E-state index in [2.05, 4.69) is 0 Å². The number of ether oxygens (including phenoxy) is 1. The maximum atomic E-state index is 13.9. The molecule has 2 atom stereocenters. The largest absolute Gasteiger partial charge is 0.518 e. The molecule has 0 aliphatic heterocycles. The second-order valence-electron chi connectivity index (χ2n) is 11.0. The van der Waals surface area contributed by atoms with Crippen molar-refractivity contribution in [3.63, 3.8) is 0 Å². The minimum Gasteiger partial charge on any atom is -0.518 e. The fourth-order valence-electron chi connectivity index (χ4n) is 3.66. The van der Waals surface area contributed by atoms with Gasteiger partial charge in [0.1, 0.15) is 17.7 Å².